The molecule has 0 heterocycles. The molecule has 1 rings (SSSR count). The molecule has 0 radical (unpaired) electrons. The fourth-order valence-electron chi connectivity index (χ4n) is 1.41. The molecule has 5 heteroatoms. The van der Waals surface area contributed by atoms with Crippen LogP contribution in [0.15, 0.2) is 23.5 Å². The van der Waals surface area contributed by atoms with Gasteiger partial charge in [-0.3, -0.25) is 4.79 Å². The Kier molecular flexibility index (Phi) is 3.80. The molecule has 0 atom stereocenters. The first-order chi connectivity index (χ1) is 7.11. The van der Waals surface area contributed by atoms with Crippen LogP contribution >= 0.6 is 11.6 Å². The minimum absolute atomic E-state index is 0.264. The molecule has 0 aliphatic heterocycles. The van der Waals surface area contributed by atoms with E-state index in [2.05, 4.69) is 5.29 Å². The van der Waals surface area contributed by atoms with Gasteiger partial charge in [-0.15, -0.1) is 16.5 Å². The third-order valence-electron chi connectivity index (χ3n) is 2.08. The van der Waals surface area contributed by atoms with E-state index in [4.69, 9.17) is 11.6 Å². The standard InChI is InChI=1S/C10H11ClN2O2/c1-7-4-3-5-8(2)10(7)13(12-15)9(14)6-11/h3-5H,6H2,1-2H3. The Morgan fingerprint density at radius 2 is 1.93 bits per heavy atom. The molecule has 0 aliphatic rings. The van der Waals surface area contributed by atoms with Crippen LogP contribution in [0.3, 0.4) is 0 Å². The normalized spacial score (nSPS) is 9.80. The van der Waals surface area contributed by atoms with E-state index in [1.165, 1.54) is 0 Å². The number of carbonyl (C=O) groups excluding carboxylic acids is 1. The van der Waals surface area contributed by atoms with Gasteiger partial charge in [0.25, 0.3) is 5.91 Å². The van der Waals surface area contributed by atoms with Crippen LogP contribution in [0.2, 0.25) is 0 Å². The molecule has 0 fully saturated rings. The lowest BCUT2D eigenvalue weighted by Crippen LogP contribution is -2.27. The average molecular weight is 227 g/mol. The third kappa shape index (κ3) is 2.33. The zero-order valence-electron chi connectivity index (χ0n) is 8.53. The van der Waals surface area contributed by atoms with E-state index < -0.39 is 5.91 Å². The lowest BCUT2D eigenvalue weighted by Gasteiger charge is -2.16. The van der Waals surface area contributed by atoms with Crippen LogP contribution in [0.1, 0.15) is 11.1 Å². The summed E-state index contributed by atoms with van der Waals surface area (Å²) >= 11 is 5.39. The summed E-state index contributed by atoms with van der Waals surface area (Å²) in [5.74, 6) is -0.788. The van der Waals surface area contributed by atoms with Crippen LogP contribution in [0, 0.1) is 18.8 Å². The van der Waals surface area contributed by atoms with Gasteiger partial charge in [0.1, 0.15) is 5.88 Å². The molecule has 15 heavy (non-hydrogen) atoms. The van der Waals surface area contributed by atoms with Crippen LogP contribution in [-0.2, 0) is 4.79 Å². The summed E-state index contributed by atoms with van der Waals surface area (Å²) in [6.07, 6.45) is 0. The molecule has 0 aliphatic carbocycles. The molecule has 80 valence electrons. The van der Waals surface area contributed by atoms with E-state index in [1.54, 1.807) is 0 Å². The number of para-hydroxylation sites is 1. The Morgan fingerprint density at radius 1 is 1.40 bits per heavy atom. The van der Waals surface area contributed by atoms with Gasteiger partial charge >= 0.3 is 0 Å². The van der Waals surface area contributed by atoms with Crippen molar-refractivity contribution in [3.8, 4) is 0 Å². The first-order valence-corrected chi connectivity index (χ1v) is 4.93. The highest BCUT2D eigenvalue weighted by atomic mass is 35.5. The van der Waals surface area contributed by atoms with Crippen molar-refractivity contribution in [2.24, 2.45) is 5.29 Å². The highest BCUT2D eigenvalue weighted by Gasteiger charge is 2.19. The number of nitrogens with zero attached hydrogens (tertiary/aromatic N) is 2. The number of amides is 1. The lowest BCUT2D eigenvalue weighted by molar-refractivity contribution is -0.116. The van der Waals surface area contributed by atoms with Crippen molar-refractivity contribution in [1.82, 2.24) is 0 Å². The van der Waals surface area contributed by atoms with Gasteiger partial charge in [-0.05, 0) is 25.0 Å². The van der Waals surface area contributed by atoms with Crippen molar-refractivity contribution >= 4 is 23.2 Å². The first-order valence-electron chi connectivity index (χ1n) is 4.40. The van der Waals surface area contributed by atoms with Crippen LogP contribution in [0.4, 0.5) is 5.69 Å². The highest BCUT2D eigenvalue weighted by Crippen LogP contribution is 2.25. The molecule has 0 spiro atoms. The van der Waals surface area contributed by atoms with Gasteiger partial charge in [0.2, 0.25) is 0 Å². The summed E-state index contributed by atoms with van der Waals surface area (Å²) in [6, 6.07) is 5.46. The zero-order chi connectivity index (χ0) is 11.4. The number of hydrogen-bond donors (Lipinski definition) is 0. The number of hydrogen-bond acceptors (Lipinski definition) is 3. The third-order valence-corrected chi connectivity index (χ3v) is 2.31. The van der Waals surface area contributed by atoms with Crippen molar-refractivity contribution in [2.45, 2.75) is 13.8 Å². The van der Waals surface area contributed by atoms with E-state index in [1.807, 2.05) is 32.0 Å². The van der Waals surface area contributed by atoms with Gasteiger partial charge in [0, 0.05) is 0 Å². The molecule has 0 aromatic heterocycles. The van der Waals surface area contributed by atoms with Crippen molar-refractivity contribution in [3.05, 3.63) is 34.2 Å². The summed E-state index contributed by atoms with van der Waals surface area (Å²) in [6.45, 7) is 3.62. The Hall–Kier alpha value is -1.42. The molecule has 0 bridgehead atoms. The number of rotatable bonds is 3. The van der Waals surface area contributed by atoms with Gasteiger partial charge in [-0.2, -0.15) is 5.01 Å². The van der Waals surface area contributed by atoms with Crippen molar-refractivity contribution in [2.75, 3.05) is 10.9 Å². The van der Waals surface area contributed by atoms with Crippen LogP contribution in [0.5, 0.6) is 0 Å². The van der Waals surface area contributed by atoms with Gasteiger partial charge in [-0.25, -0.2) is 0 Å². The molecule has 1 aromatic rings. The second-order valence-electron chi connectivity index (χ2n) is 3.16. The molecular formula is C10H11ClN2O2. The number of alkyl halides is 1. The van der Waals surface area contributed by atoms with E-state index in [-0.39, 0.29) is 5.88 Å². The molecule has 4 nitrogen and oxygen atoms in total. The monoisotopic (exact) mass is 226 g/mol. The van der Waals surface area contributed by atoms with Gasteiger partial charge in [0.15, 0.2) is 0 Å². The molecule has 1 aromatic carbocycles. The minimum Gasteiger partial charge on any atom is -0.271 e. The number of carbonyl (C=O) groups is 1. The summed E-state index contributed by atoms with van der Waals surface area (Å²) in [5, 5.41) is 3.50. The van der Waals surface area contributed by atoms with E-state index in [0.717, 1.165) is 16.1 Å². The topological polar surface area (TPSA) is 49.7 Å². The summed E-state index contributed by atoms with van der Waals surface area (Å²) in [5.41, 5.74) is 2.14. The maximum Gasteiger partial charge on any atom is 0.264 e. The van der Waals surface area contributed by atoms with E-state index in [9.17, 15) is 9.70 Å². The van der Waals surface area contributed by atoms with Gasteiger partial charge < -0.3 is 0 Å². The second kappa shape index (κ2) is 4.89. The summed E-state index contributed by atoms with van der Waals surface area (Å²) in [7, 11) is 0. The molecule has 0 N–H and O–H groups in total. The predicted octanol–water partition coefficient (Wildman–Crippen LogP) is 2.56. The van der Waals surface area contributed by atoms with Crippen molar-refractivity contribution in [1.29, 1.82) is 0 Å². The largest absolute Gasteiger partial charge is 0.271 e. The maximum atomic E-state index is 11.3. The van der Waals surface area contributed by atoms with Crippen molar-refractivity contribution < 1.29 is 4.79 Å². The fraction of sp³-hybridized carbons (Fsp3) is 0.300. The van der Waals surface area contributed by atoms with Gasteiger partial charge in [0.05, 0.1) is 11.0 Å². The Labute approximate surface area is 92.8 Å². The number of anilines is 1. The molecular weight excluding hydrogens is 216 g/mol. The Bertz CT molecular complexity index is 373. The molecule has 1 amide bonds. The number of nitroso groups, excluding NO2 is 1. The predicted molar refractivity (Wildman–Crippen MR) is 59.9 cm³/mol. The number of aryl methyl sites for hydroxylation is 2. The second-order valence-corrected chi connectivity index (χ2v) is 3.43. The Morgan fingerprint density at radius 3 is 2.33 bits per heavy atom. The molecule has 0 unspecified atom stereocenters. The smallest absolute Gasteiger partial charge is 0.264 e. The number of benzene rings is 1. The zero-order valence-corrected chi connectivity index (χ0v) is 9.28. The van der Waals surface area contributed by atoms with Gasteiger partial charge in [-0.1, -0.05) is 18.2 Å². The minimum atomic E-state index is -0.524. The SMILES string of the molecule is Cc1cccc(C)c1N(N=O)C(=O)CCl. The van der Waals surface area contributed by atoms with Crippen molar-refractivity contribution in [3.63, 3.8) is 0 Å². The maximum absolute atomic E-state index is 11.3. The quantitative estimate of drug-likeness (QED) is 0.452. The fourth-order valence-corrected chi connectivity index (χ4v) is 1.52. The van der Waals surface area contributed by atoms with Crippen LogP contribution in [0.25, 0.3) is 0 Å². The lowest BCUT2D eigenvalue weighted by atomic mass is 10.1. The molecule has 0 saturated heterocycles. The average Bonchev–Trinajstić information content (AvgIpc) is 2.22. The van der Waals surface area contributed by atoms with E-state index >= 15 is 0 Å². The van der Waals surface area contributed by atoms with E-state index in [0.29, 0.717) is 5.69 Å². The Balaban J connectivity index is 3.23. The highest BCUT2D eigenvalue weighted by molar-refractivity contribution is 6.29. The van der Waals surface area contributed by atoms with Crippen LogP contribution < -0.4 is 5.01 Å². The van der Waals surface area contributed by atoms with Crippen LogP contribution in [-0.4, -0.2) is 11.8 Å². The first kappa shape index (κ1) is 11.7. The summed E-state index contributed by atoms with van der Waals surface area (Å²) < 4.78 is 0. The number of halogens is 1. The summed E-state index contributed by atoms with van der Waals surface area (Å²) in [4.78, 5) is 22.0. The molecule has 0 saturated carbocycles.